The first-order valence-corrected chi connectivity index (χ1v) is 11.3. The van der Waals surface area contributed by atoms with Gasteiger partial charge in [-0.2, -0.15) is 5.10 Å². The largest absolute Gasteiger partial charge is 0.342 e. The number of nitrogens with zero attached hydrogens (tertiary/aromatic N) is 4. The zero-order chi connectivity index (χ0) is 21.6. The number of thioether (sulfide) groups is 1. The second-order valence-electron chi connectivity index (χ2n) is 7.53. The van der Waals surface area contributed by atoms with Crippen molar-refractivity contribution < 1.29 is 9.59 Å². The third-order valence-corrected chi connectivity index (χ3v) is 6.56. The Morgan fingerprint density at radius 1 is 1.13 bits per heavy atom. The quantitative estimate of drug-likeness (QED) is 0.599. The van der Waals surface area contributed by atoms with Crippen LogP contribution in [0.15, 0.2) is 65.8 Å². The summed E-state index contributed by atoms with van der Waals surface area (Å²) < 4.78 is 0. The number of rotatable bonds is 6. The Hall–Kier alpha value is -3.13. The van der Waals surface area contributed by atoms with Gasteiger partial charge in [0.2, 0.25) is 5.91 Å². The van der Waals surface area contributed by atoms with Crippen molar-refractivity contribution in [2.24, 2.45) is 0 Å². The molecule has 4 rings (SSSR count). The Kier molecular flexibility index (Phi) is 6.66. The number of likely N-dealkylation sites (tertiary alicyclic amines) is 1. The predicted octanol–water partition coefficient (Wildman–Crippen LogP) is 3.58. The minimum atomic E-state index is -0.144. The summed E-state index contributed by atoms with van der Waals surface area (Å²) in [6.07, 6.45) is 5.19. The minimum Gasteiger partial charge on any atom is -0.342 e. The Bertz CT molecular complexity index is 1020. The van der Waals surface area contributed by atoms with Gasteiger partial charge < -0.3 is 9.80 Å². The van der Waals surface area contributed by atoms with Crippen LogP contribution in [-0.2, 0) is 4.79 Å². The van der Waals surface area contributed by atoms with Crippen molar-refractivity contribution in [3.63, 3.8) is 0 Å². The Morgan fingerprint density at radius 2 is 1.84 bits per heavy atom. The number of nitrogens with one attached hydrogen (secondary N) is 1. The average molecular weight is 436 g/mol. The van der Waals surface area contributed by atoms with E-state index in [1.807, 2.05) is 53.4 Å². The fourth-order valence-electron chi connectivity index (χ4n) is 3.71. The zero-order valence-electron chi connectivity index (χ0n) is 17.4. The molecule has 2 amide bonds. The number of carbonyl (C=O) groups is 2. The monoisotopic (exact) mass is 435 g/mol. The predicted molar refractivity (Wildman–Crippen MR) is 121 cm³/mol. The smallest absolute Gasteiger partial charge is 0.278 e. The molecule has 0 unspecified atom stereocenters. The van der Waals surface area contributed by atoms with E-state index in [9.17, 15) is 9.59 Å². The van der Waals surface area contributed by atoms with E-state index in [1.165, 1.54) is 11.8 Å². The van der Waals surface area contributed by atoms with E-state index < -0.39 is 0 Å². The van der Waals surface area contributed by atoms with Crippen molar-refractivity contribution in [1.82, 2.24) is 20.1 Å². The van der Waals surface area contributed by atoms with Crippen LogP contribution in [0.1, 0.15) is 34.9 Å². The molecule has 8 heteroatoms. The van der Waals surface area contributed by atoms with Crippen LogP contribution in [0.2, 0.25) is 0 Å². The average Bonchev–Trinajstić information content (AvgIpc) is 3.33. The molecule has 1 saturated heterocycles. The summed E-state index contributed by atoms with van der Waals surface area (Å²) in [6.45, 7) is 1.43. The molecule has 3 aromatic rings. The van der Waals surface area contributed by atoms with Gasteiger partial charge in [-0.3, -0.25) is 19.7 Å². The maximum absolute atomic E-state index is 12.8. The lowest BCUT2D eigenvalue weighted by atomic mass is 9.93. The lowest BCUT2D eigenvalue weighted by Crippen LogP contribution is -2.39. The summed E-state index contributed by atoms with van der Waals surface area (Å²) in [4.78, 5) is 33.9. The van der Waals surface area contributed by atoms with Gasteiger partial charge in [0, 0.05) is 54.7 Å². The van der Waals surface area contributed by atoms with E-state index >= 15 is 0 Å². The molecule has 0 aliphatic carbocycles. The van der Waals surface area contributed by atoms with Crippen molar-refractivity contribution in [2.45, 2.75) is 23.7 Å². The summed E-state index contributed by atoms with van der Waals surface area (Å²) in [6, 6.07) is 15.2. The number of hydrogen-bond donors (Lipinski definition) is 1. The first-order valence-electron chi connectivity index (χ1n) is 10.3. The highest BCUT2D eigenvalue weighted by Crippen LogP contribution is 2.28. The lowest BCUT2D eigenvalue weighted by molar-refractivity contribution is -0.129. The van der Waals surface area contributed by atoms with Gasteiger partial charge in [0.1, 0.15) is 0 Å². The first kappa shape index (κ1) is 21.1. The number of aromatic amines is 1. The van der Waals surface area contributed by atoms with E-state index in [0.717, 1.165) is 29.1 Å². The Labute approximate surface area is 185 Å². The van der Waals surface area contributed by atoms with Gasteiger partial charge >= 0.3 is 0 Å². The molecular formula is C23H25N5O2S. The standard InChI is InChI=1S/C23H25N5O2S/c1-27(18-5-3-2-4-6-18)23(30)21-15-20(25-26-21)17-9-13-28(14-10-17)22(29)16-31-19-7-11-24-12-8-19/h2-8,11-12,15,17H,9-10,13-14,16H2,1H3,(H,25,26). The van der Waals surface area contributed by atoms with E-state index in [4.69, 9.17) is 0 Å². The molecule has 1 aliphatic rings. The van der Waals surface area contributed by atoms with Crippen LogP contribution in [-0.4, -0.2) is 57.8 Å². The second-order valence-corrected chi connectivity index (χ2v) is 8.58. The van der Waals surface area contributed by atoms with Crippen molar-refractivity contribution in [3.8, 4) is 0 Å². The van der Waals surface area contributed by atoms with Crippen LogP contribution in [0.4, 0.5) is 5.69 Å². The van der Waals surface area contributed by atoms with Crippen molar-refractivity contribution in [2.75, 3.05) is 30.8 Å². The van der Waals surface area contributed by atoms with Crippen molar-refractivity contribution in [3.05, 3.63) is 72.3 Å². The molecule has 7 nitrogen and oxygen atoms in total. The molecule has 160 valence electrons. The van der Waals surface area contributed by atoms with E-state index in [2.05, 4.69) is 15.2 Å². The number of aromatic nitrogens is 3. The normalized spacial score (nSPS) is 14.4. The molecule has 2 aromatic heterocycles. The van der Waals surface area contributed by atoms with Gasteiger partial charge in [0.05, 0.1) is 5.75 Å². The van der Waals surface area contributed by atoms with Crippen molar-refractivity contribution >= 4 is 29.3 Å². The highest BCUT2D eigenvalue weighted by Gasteiger charge is 2.26. The number of para-hydroxylation sites is 1. The maximum Gasteiger partial charge on any atom is 0.278 e. The molecule has 3 heterocycles. The molecule has 0 radical (unpaired) electrons. The van der Waals surface area contributed by atoms with Crippen molar-refractivity contribution in [1.29, 1.82) is 0 Å². The number of anilines is 1. The van der Waals surface area contributed by atoms with Gasteiger partial charge in [0.15, 0.2) is 5.69 Å². The number of benzene rings is 1. The van der Waals surface area contributed by atoms with Gasteiger partial charge in [-0.15, -0.1) is 11.8 Å². The summed E-state index contributed by atoms with van der Waals surface area (Å²) in [5.74, 6) is 0.719. The summed E-state index contributed by atoms with van der Waals surface area (Å²) >= 11 is 1.54. The van der Waals surface area contributed by atoms with E-state index in [1.54, 1.807) is 24.3 Å². The lowest BCUT2D eigenvalue weighted by Gasteiger charge is -2.31. The number of piperidine rings is 1. The molecule has 1 N–H and O–H groups in total. The number of H-pyrrole nitrogens is 1. The Morgan fingerprint density at radius 3 is 2.55 bits per heavy atom. The number of amides is 2. The first-order chi connectivity index (χ1) is 15.1. The molecule has 0 spiro atoms. The molecule has 1 fully saturated rings. The number of hydrogen-bond acceptors (Lipinski definition) is 5. The zero-order valence-corrected chi connectivity index (χ0v) is 18.2. The highest BCUT2D eigenvalue weighted by molar-refractivity contribution is 8.00. The third-order valence-electron chi connectivity index (χ3n) is 5.56. The Balaban J connectivity index is 1.30. The maximum atomic E-state index is 12.8. The summed E-state index contributed by atoms with van der Waals surface area (Å²) in [7, 11) is 1.75. The van der Waals surface area contributed by atoms with Crippen LogP contribution < -0.4 is 4.90 Å². The topological polar surface area (TPSA) is 82.2 Å². The second kappa shape index (κ2) is 9.78. The van der Waals surface area contributed by atoms with Crippen LogP contribution in [0.5, 0.6) is 0 Å². The molecule has 0 saturated carbocycles. The molecular weight excluding hydrogens is 410 g/mol. The van der Waals surface area contributed by atoms with Gasteiger partial charge in [-0.1, -0.05) is 18.2 Å². The summed E-state index contributed by atoms with van der Waals surface area (Å²) in [5, 5.41) is 7.29. The molecule has 0 bridgehead atoms. The molecule has 1 aromatic carbocycles. The SMILES string of the molecule is CN(C(=O)c1cc(C2CCN(C(=O)CSc3ccncc3)CC2)[nH]n1)c1ccccc1. The molecule has 0 atom stereocenters. The van der Waals surface area contributed by atoms with Gasteiger partial charge in [-0.05, 0) is 43.2 Å². The van der Waals surface area contributed by atoms with Crippen LogP contribution >= 0.6 is 11.8 Å². The van der Waals surface area contributed by atoms with Gasteiger partial charge in [0.25, 0.3) is 5.91 Å². The fraction of sp³-hybridized carbons (Fsp3) is 0.304. The van der Waals surface area contributed by atoms with E-state index in [-0.39, 0.29) is 17.7 Å². The number of carbonyl (C=O) groups excluding carboxylic acids is 2. The fourth-order valence-corrected chi connectivity index (χ4v) is 4.49. The van der Waals surface area contributed by atoms with Crippen LogP contribution in [0.3, 0.4) is 0 Å². The minimum absolute atomic E-state index is 0.144. The molecule has 1 aliphatic heterocycles. The third kappa shape index (κ3) is 5.14. The van der Waals surface area contributed by atoms with Crippen LogP contribution in [0, 0.1) is 0 Å². The van der Waals surface area contributed by atoms with E-state index in [0.29, 0.717) is 24.5 Å². The highest BCUT2D eigenvalue weighted by atomic mass is 32.2. The number of pyridine rings is 1. The summed E-state index contributed by atoms with van der Waals surface area (Å²) in [5.41, 5.74) is 2.20. The van der Waals surface area contributed by atoms with Gasteiger partial charge in [-0.25, -0.2) is 0 Å². The molecule has 31 heavy (non-hydrogen) atoms. The van der Waals surface area contributed by atoms with Crippen LogP contribution in [0.25, 0.3) is 0 Å².